The maximum atomic E-state index is 13.8. The van der Waals surface area contributed by atoms with Crippen molar-refractivity contribution in [2.45, 2.75) is 91.1 Å². The molecule has 5 rings (SSSR count). The fourth-order valence-corrected chi connectivity index (χ4v) is 8.86. The summed E-state index contributed by atoms with van der Waals surface area (Å²) in [5, 5.41) is 10.7. The van der Waals surface area contributed by atoms with Crippen molar-refractivity contribution in [3.8, 4) is 0 Å². The third kappa shape index (κ3) is 3.24. The van der Waals surface area contributed by atoms with E-state index in [1.54, 1.807) is 19.1 Å². The summed E-state index contributed by atoms with van der Waals surface area (Å²) >= 11 is 0. The summed E-state index contributed by atoms with van der Waals surface area (Å²) < 4.78 is 13.8. The third-order valence-electron chi connectivity index (χ3n) is 10.7. The molecule has 2 nitrogen and oxygen atoms in total. The number of aliphatic hydroxyl groups is 1. The minimum absolute atomic E-state index is 0.0703. The Kier molecular flexibility index (Phi) is 4.98. The predicted octanol–water partition coefficient (Wildman–Crippen LogP) is 6.73. The van der Waals surface area contributed by atoms with E-state index in [-0.39, 0.29) is 22.9 Å². The highest BCUT2D eigenvalue weighted by molar-refractivity contribution is 5.98. The molecular formula is C28H39FO2. The van der Waals surface area contributed by atoms with Crippen molar-refractivity contribution >= 4 is 5.78 Å². The van der Waals surface area contributed by atoms with Gasteiger partial charge in [-0.2, -0.15) is 0 Å². The van der Waals surface area contributed by atoms with Crippen LogP contribution in [0.2, 0.25) is 0 Å². The van der Waals surface area contributed by atoms with E-state index in [0.717, 1.165) is 50.4 Å². The molecule has 1 N–H and O–H groups in total. The van der Waals surface area contributed by atoms with E-state index < -0.39 is 5.60 Å². The van der Waals surface area contributed by atoms with E-state index in [0.29, 0.717) is 28.4 Å². The molecule has 0 radical (unpaired) electrons. The Balaban J connectivity index is 1.39. The van der Waals surface area contributed by atoms with Crippen LogP contribution in [0.1, 0.15) is 94.5 Å². The van der Waals surface area contributed by atoms with Gasteiger partial charge in [0.25, 0.3) is 0 Å². The lowest BCUT2D eigenvalue weighted by molar-refractivity contribution is -0.144. The number of fused-ring (bicyclic) bond motifs is 5. The van der Waals surface area contributed by atoms with Gasteiger partial charge in [-0.25, -0.2) is 4.39 Å². The van der Waals surface area contributed by atoms with Crippen LogP contribution < -0.4 is 0 Å². The highest BCUT2D eigenvalue weighted by Gasteiger charge is 2.61. The van der Waals surface area contributed by atoms with Gasteiger partial charge in [0.2, 0.25) is 0 Å². The van der Waals surface area contributed by atoms with E-state index in [2.05, 4.69) is 13.8 Å². The van der Waals surface area contributed by atoms with Gasteiger partial charge in [-0.15, -0.1) is 0 Å². The van der Waals surface area contributed by atoms with Crippen LogP contribution in [-0.4, -0.2) is 16.5 Å². The molecule has 3 heteroatoms. The van der Waals surface area contributed by atoms with Crippen molar-refractivity contribution in [3.05, 3.63) is 35.1 Å². The fraction of sp³-hybridized carbons (Fsp3) is 0.750. The van der Waals surface area contributed by atoms with Crippen LogP contribution in [0, 0.1) is 53.2 Å². The van der Waals surface area contributed by atoms with Crippen molar-refractivity contribution in [2.24, 2.45) is 40.4 Å². The van der Waals surface area contributed by atoms with Gasteiger partial charge < -0.3 is 5.11 Å². The zero-order chi connectivity index (χ0) is 22.2. The summed E-state index contributed by atoms with van der Waals surface area (Å²) in [4.78, 5) is 13.5. The van der Waals surface area contributed by atoms with Crippen molar-refractivity contribution in [1.29, 1.82) is 0 Å². The van der Waals surface area contributed by atoms with E-state index >= 15 is 0 Å². The monoisotopic (exact) mass is 426 g/mol. The lowest BCUT2D eigenvalue weighted by Crippen LogP contribution is -2.55. The lowest BCUT2D eigenvalue weighted by atomic mass is 9.44. The molecule has 1 aromatic rings. The number of benzene rings is 1. The summed E-state index contributed by atoms with van der Waals surface area (Å²) in [6.45, 7) is 8.68. The van der Waals surface area contributed by atoms with Gasteiger partial charge in [0.05, 0.1) is 5.60 Å². The van der Waals surface area contributed by atoms with Gasteiger partial charge in [0.1, 0.15) is 5.82 Å². The molecule has 8 atom stereocenters. The maximum Gasteiger partial charge on any atom is 0.166 e. The minimum Gasteiger partial charge on any atom is -0.390 e. The Morgan fingerprint density at radius 3 is 2.45 bits per heavy atom. The zero-order valence-corrected chi connectivity index (χ0v) is 19.7. The Hall–Kier alpha value is -1.22. The standard InChI is InChI=1S/C28H39FO2/c1-17-15-18(5-10-24(17)29)25(30)23-9-8-21-20-7-6-19-16-26(2,31)13-14-27(19,3)22(20)11-12-28(21,23)4/h5,10,15,19-23,31H,6-9,11-14,16H2,1-4H3/t19-,20-,21-,22-,23+,26+,27-,28-/m0/s1. The second-order valence-electron chi connectivity index (χ2n) is 12.4. The van der Waals surface area contributed by atoms with E-state index in [1.165, 1.54) is 25.3 Å². The summed E-state index contributed by atoms with van der Waals surface area (Å²) in [7, 11) is 0. The molecule has 4 aliphatic rings. The lowest BCUT2D eigenvalue weighted by Gasteiger charge is -2.61. The second kappa shape index (κ2) is 7.14. The average molecular weight is 427 g/mol. The zero-order valence-electron chi connectivity index (χ0n) is 19.7. The Bertz CT molecular complexity index is 891. The van der Waals surface area contributed by atoms with Crippen LogP contribution in [0.25, 0.3) is 0 Å². The first-order valence-corrected chi connectivity index (χ1v) is 12.6. The number of hydrogen-bond acceptors (Lipinski definition) is 2. The third-order valence-corrected chi connectivity index (χ3v) is 10.7. The maximum absolute atomic E-state index is 13.8. The van der Waals surface area contributed by atoms with Gasteiger partial charge in [0.15, 0.2) is 5.78 Å². The first kappa shape index (κ1) is 21.6. The molecule has 0 aromatic heterocycles. The normalized spacial score (nSPS) is 46.7. The number of aryl methyl sites for hydroxylation is 1. The molecule has 31 heavy (non-hydrogen) atoms. The van der Waals surface area contributed by atoms with Crippen molar-refractivity contribution in [3.63, 3.8) is 0 Å². The number of rotatable bonds is 2. The minimum atomic E-state index is -0.488. The summed E-state index contributed by atoms with van der Waals surface area (Å²) in [6.07, 6.45) is 10.0. The molecular weight excluding hydrogens is 387 g/mol. The smallest absolute Gasteiger partial charge is 0.166 e. The number of halogens is 1. The van der Waals surface area contributed by atoms with Crippen molar-refractivity contribution in [2.75, 3.05) is 0 Å². The van der Waals surface area contributed by atoms with Gasteiger partial charge in [-0.1, -0.05) is 13.8 Å². The second-order valence-corrected chi connectivity index (χ2v) is 12.4. The number of hydrogen-bond donors (Lipinski definition) is 1. The van der Waals surface area contributed by atoms with Gasteiger partial charge in [0, 0.05) is 11.5 Å². The largest absolute Gasteiger partial charge is 0.390 e. The molecule has 0 spiro atoms. The molecule has 0 unspecified atom stereocenters. The van der Waals surface area contributed by atoms with Crippen LogP contribution in [0.5, 0.6) is 0 Å². The quantitative estimate of drug-likeness (QED) is 0.533. The van der Waals surface area contributed by atoms with Crippen molar-refractivity contribution < 1.29 is 14.3 Å². The number of ketones is 1. The Morgan fingerprint density at radius 2 is 1.71 bits per heavy atom. The molecule has 4 fully saturated rings. The Labute approximate surface area is 187 Å². The highest BCUT2D eigenvalue weighted by atomic mass is 19.1. The summed E-state index contributed by atoms with van der Waals surface area (Å²) in [5.74, 6) is 2.80. The number of carbonyl (C=O) groups excluding carboxylic acids is 1. The van der Waals surface area contributed by atoms with E-state index in [9.17, 15) is 14.3 Å². The van der Waals surface area contributed by atoms with E-state index in [1.807, 2.05) is 6.92 Å². The van der Waals surface area contributed by atoms with E-state index in [4.69, 9.17) is 0 Å². The topological polar surface area (TPSA) is 37.3 Å². The Morgan fingerprint density at radius 1 is 0.968 bits per heavy atom. The van der Waals surface area contributed by atoms with Gasteiger partial charge in [-0.05, 0) is 130 Å². The number of Topliss-reactive ketones (excluding diaryl/α,β-unsaturated/α-hetero) is 1. The van der Waals surface area contributed by atoms with Crippen LogP contribution in [0.3, 0.4) is 0 Å². The van der Waals surface area contributed by atoms with Crippen LogP contribution in [-0.2, 0) is 0 Å². The SMILES string of the molecule is Cc1cc(C(=O)[C@H]2CC[C@H]3[C@@H]4CC[C@H]5C[C@](C)(O)CC[C@]5(C)[C@H]4CC[C@]23C)ccc1F. The first-order chi connectivity index (χ1) is 14.6. The predicted molar refractivity (Wildman–Crippen MR) is 121 cm³/mol. The van der Waals surface area contributed by atoms with Crippen molar-refractivity contribution in [1.82, 2.24) is 0 Å². The van der Waals surface area contributed by atoms with Gasteiger partial charge >= 0.3 is 0 Å². The molecule has 170 valence electrons. The summed E-state index contributed by atoms with van der Waals surface area (Å²) in [5.41, 5.74) is 1.19. The first-order valence-electron chi connectivity index (χ1n) is 12.6. The molecule has 0 saturated heterocycles. The molecule has 4 saturated carbocycles. The molecule has 0 aliphatic heterocycles. The number of carbonyl (C=O) groups is 1. The fourth-order valence-electron chi connectivity index (χ4n) is 8.86. The average Bonchev–Trinajstić information content (AvgIpc) is 3.07. The molecule has 0 heterocycles. The summed E-state index contributed by atoms with van der Waals surface area (Å²) in [6, 6.07) is 4.89. The van der Waals surface area contributed by atoms with Crippen LogP contribution >= 0.6 is 0 Å². The van der Waals surface area contributed by atoms with Crippen LogP contribution in [0.4, 0.5) is 4.39 Å². The van der Waals surface area contributed by atoms with Gasteiger partial charge in [-0.3, -0.25) is 4.79 Å². The molecule has 4 aliphatic carbocycles. The van der Waals surface area contributed by atoms with Crippen LogP contribution in [0.15, 0.2) is 18.2 Å². The highest BCUT2D eigenvalue weighted by Crippen LogP contribution is 2.68. The molecule has 0 bridgehead atoms. The molecule has 0 amide bonds. The molecule has 1 aromatic carbocycles.